The molecule has 0 aliphatic heterocycles. The second-order valence-electron chi connectivity index (χ2n) is 5.99. The molecule has 0 aliphatic carbocycles. The van der Waals surface area contributed by atoms with E-state index in [1.54, 1.807) is 6.92 Å². The van der Waals surface area contributed by atoms with E-state index in [9.17, 15) is 18.4 Å². The van der Waals surface area contributed by atoms with Gasteiger partial charge in [0.2, 0.25) is 5.95 Å². The zero-order chi connectivity index (χ0) is 19.8. The lowest BCUT2D eigenvalue weighted by molar-refractivity contribution is 0.592. The molecule has 28 heavy (non-hydrogen) atoms. The molecule has 1 atom stereocenters. The van der Waals surface area contributed by atoms with Gasteiger partial charge in [-0.1, -0.05) is 0 Å². The van der Waals surface area contributed by atoms with Crippen LogP contribution in [0.1, 0.15) is 18.7 Å². The van der Waals surface area contributed by atoms with Crippen LogP contribution in [-0.2, 0) is 0 Å². The molecule has 0 spiro atoms. The molecule has 9 nitrogen and oxygen atoms in total. The Kier molecular flexibility index (Phi) is 4.18. The number of nitrogens with zero attached hydrogens (tertiary/aromatic N) is 4. The van der Waals surface area contributed by atoms with Gasteiger partial charge >= 0.3 is 5.69 Å². The highest BCUT2D eigenvalue weighted by Gasteiger charge is 2.18. The molecule has 3 N–H and O–H groups in total. The first-order valence-corrected chi connectivity index (χ1v) is 8.16. The summed E-state index contributed by atoms with van der Waals surface area (Å²) in [5.41, 5.74) is -0.0353. The molecule has 0 radical (unpaired) electrons. The van der Waals surface area contributed by atoms with Crippen LogP contribution in [0.15, 0.2) is 46.4 Å². The number of anilines is 2. The van der Waals surface area contributed by atoms with E-state index in [2.05, 4.69) is 30.2 Å². The van der Waals surface area contributed by atoms with Crippen LogP contribution < -0.4 is 16.6 Å². The number of rotatable bonds is 4. The Morgan fingerprint density at radius 1 is 1.14 bits per heavy atom. The standard InChI is InChI=1S/C17H13F2N7O2/c1-8(11-3-2-9(18)5-20-11)26-14-13(24-17(26)28)7-22-16(25-14)23-12-4-10(19)6-21-15(12)27/h2-8H,1H3,(H,21,27)(H,24,28)(H,22,23,25). The topological polar surface area (TPSA) is 121 Å². The Morgan fingerprint density at radius 3 is 2.71 bits per heavy atom. The van der Waals surface area contributed by atoms with Crippen LogP contribution in [0.5, 0.6) is 0 Å². The van der Waals surface area contributed by atoms with Crippen LogP contribution in [0, 0.1) is 11.6 Å². The Balaban J connectivity index is 1.78. The molecule has 142 valence electrons. The Morgan fingerprint density at radius 2 is 1.96 bits per heavy atom. The van der Waals surface area contributed by atoms with Crippen LogP contribution >= 0.6 is 0 Å². The third kappa shape index (κ3) is 3.13. The van der Waals surface area contributed by atoms with Gasteiger partial charge in [-0.2, -0.15) is 4.98 Å². The summed E-state index contributed by atoms with van der Waals surface area (Å²) >= 11 is 0. The van der Waals surface area contributed by atoms with Crippen molar-refractivity contribution < 1.29 is 8.78 Å². The van der Waals surface area contributed by atoms with Gasteiger partial charge < -0.3 is 15.3 Å². The van der Waals surface area contributed by atoms with Crippen LogP contribution in [0.25, 0.3) is 11.2 Å². The second kappa shape index (κ2) is 6.68. The predicted molar refractivity (Wildman–Crippen MR) is 96.5 cm³/mol. The summed E-state index contributed by atoms with van der Waals surface area (Å²) in [6, 6.07) is 3.17. The zero-order valence-electron chi connectivity index (χ0n) is 14.4. The lowest BCUT2D eigenvalue weighted by Gasteiger charge is -2.12. The SMILES string of the molecule is CC(c1ccc(F)cn1)n1c(=O)[nH]c2cnc(Nc3cc(F)c[nH]c3=O)nc21. The Hall–Kier alpha value is -3.89. The third-order valence-corrected chi connectivity index (χ3v) is 4.14. The van der Waals surface area contributed by atoms with E-state index in [1.165, 1.54) is 22.9 Å². The van der Waals surface area contributed by atoms with E-state index in [4.69, 9.17) is 0 Å². The first-order valence-electron chi connectivity index (χ1n) is 8.16. The number of halogens is 2. The predicted octanol–water partition coefficient (Wildman–Crippen LogP) is 1.83. The zero-order valence-corrected chi connectivity index (χ0v) is 14.4. The van der Waals surface area contributed by atoms with Gasteiger partial charge in [0.25, 0.3) is 5.56 Å². The van der Waals surface area contributed by atoms with Gasteiger partial charge in [-0.25, -0.2) is 18.6 Å². The fourth-order valence-electron chi connectivity index (χ4n) is 2.77. The summed E-state index contributed by atoms with van der Waals surface area (Å²) in [6.07, 6.45) is 3.35. The van der Waals surface area contributed by atoms with Crippen molar-refractivity contribution in [2.75, 3.05) is 5.32 Å². The summed E-state index contributed by atoms with van der Waals surface area (Å²) in [4.78, 5) is 41.3. The molecule has 0 aromatic carbocycles. The van der Waals surface area contributed by atoms with Crippen molar-refractivity contribution in [1.29, 1.82) is 0 Å². The molecule has 0 amide bonds. The normalized spacial score (nSPS) is 12.2. The van der Waals surface area contributed by atoms with Gasteiger partial charge in [0.1, 0.15) is 22.8 Å². The first kappa shape index (κ1) is 17.5. The summed E-state index contributed by atoms with van der Waals surface area (Å²) in [7, 11) is 0. The van der Waals surface area contributed by atoms with Crippen LogP contribution in [0.3, 0.4) is 0 Å². The fraction of sp³-hybridized carbons (Fsp3) is 0.118. The summed E-state index contributed by atoms with van der Waals surface area (Å²) in [5, 5.41) is 2.63. The van der Waals surface area contributed by atoms with Crippen LogP contribution in [0.4, 0.5) is 20.4 Å². The van der Waals surface area contributed by atoms with Crippen molar-refractivity contribution in [3.63, 3.8) is 0 Å². The molecule has 1 unspecified atom stereocenters. The summed E-state index contributed by atoms with van der Waals surface area (Å²) < 4.78 is 27.8. The van der Waals surface area contributed by atoms with Crippen LogP contribution in [0.2, 0.25) is 0 Å². The Bertz CT molecular complexity index is 1280. The lowest BCUT2D eigenvalue weighted by Crippen LogP contribution is -2.22. The third-order valence-electron chi connectivity index (χ3n) is 4.14. The monoisotopic (exact) mass is 385 g/mol. The van der Waals surface area contributed by atoms with E-state index in [0.29, 0.717) is 11.2 Å². The molecule has 0 bridgehead atoms. The van der Waals surface area contributed by atoms with E-state index < -0.39 is 28.9 Å². The second-order valence-corrected chi connectivity index (χ2v) is 5.99. The van der Waals surface area contributed by atoms with Crippen molar-refractivity contribution in [2.24, 2.45) is 0 Å². The lowest BCUT2D eigenvalue weighted by atomic mass is 10.2. The van der Waals surface area contributed by atoms with Crippen LogP contribution in [-0.4, -0.2) is 29.5 Å². The number of hydrogen-bond donors (Lipinski definition) is 3. The quantitative estimate of drug-likeness (QED) is 0.493. The Labute approximate surface area is 155 Å². The largest absolute Gasteiger partial charge is 0.328 e. The molecular formula is C17H13F2N7O2. The number of H-pyrrole nitrogens is 2. The summed E-state index contributed by atoms with van der Waals surface area (Å²) in [6.45, 7) is 1.71. The molecule has 4 rings (SSSR count). The molecular weight excluding hydrogens is 372 g/mol. The van der Waals surface area contributed by atoms with Crippen molar-refractivity contribution >= 4 is 22.8 Å². The number of imidazole rings is 1. The van der Waals surface area contributed by atoms with E-state index in [1.807, 2.05) is 0 Å². The number of fused-ring (bicyclic) bond motifs is 1. The number of aromatic amines is 2. The fourth-order valence-corrected chi connectivity index (χ4v) is 2.77. The van der Waals surface area contributed by atoms with Gasteiger partial charge in [0, 0.05) is 12.3 Å². The molecule has 4 aromatic heterocycles. The van der Waals surface area contributed by atoms with E-state index >= 15 is 0 Å². The molecule has 0 saturated heterocycles. The maximum absolute atomic E-state index is 13.4. The van der Waals surface area contributed by atoms with Gasteiger partial charge in [0.05, 0.1) is 24.1 Å². The minimum Gasteiger partial charge on any atom is -0.324 e. The number of aromatic nitrogens is 6. The van der Waals surface area contributed by atoms with Crippen molar-refractivity contribution in [2.45, 2.75) is 13.0 Å². The van der Waals surface area contributed by atoms with Crippen molar-refractivity contribution in [3.8, 4) is 0 Å². The maximum atomic E-state index is 13.4. The number of nitrogens with one attached hydrogen (secondary N) is 3. The molecule has 11 heteroatoms. The first-order chi connectivity index (χ1) is 13.4. The minimum absolute atomic E-state index is 0.00406. The summed E-state index contributed by atoms with van der Waals surface area (Å²) in [5.74, 6) is -1.13. The maximum Gasteiger partial charge on any atom is 0.328 e. The molecule has 0 saturated carbocycles. The molecule has 0 aliphatic rings. The number of pyridine rings is 2. The van der Waals surface area contributed by atoms with Crippen molar-refractivity contribution in [1.82, 2.24) is 29.5 Å². The average molecular weight is 385 g/mol. The highest BCUT2D eigenvalue weighted by Crippen LogP contribution is 2.20. The van der Waals surface area contributed by atoms with Gasteiger partial charge in [0.15, 0.2) is 5.65 Å². The molecule has 4 aromatic rings. The van der Waals surface area contributed by atoms with Gasteiger partial charge in [-0.05, 0) is 19.1 Å². The van der Waals surface area contributed by atoms with Gasteiger partial charge in [-0.15, -0.1) is 0 Å². The highest BCUT2D eigenvalue weighted by molar-refractivity contribution is 5.72. The van der Waals surface area contributed by atoms with Crippen molar-refractivity contribution in [3.05, 3.63) is 75.0 Å². The van der Waals surface area contributed by atoms with E-state index in [0.717, 1.165) is 18.5 Å². The average Bonchev–Trinajstić information content (AvgIpc) is 3.00. The highest BCUT2D eigenvalue weighted by atomic mass is 19.1. The molecule has 0 fully saturated rings. The minimum atomic E-state index is -0.641. The number of hydrogen-bond acceptors (Lipinski definition) is 6. The van der Waals surface area contributed by atoms with Gasteiger partial charge in [-0.3, -0.25) is 14.3 Å². The smallest absolute Gasteiger partial charge is 0.324 e. The van der Waals surface area contributed by atoms with E-state index in [-0.39, 0.29) is 17.3 Å². The molecule has 4 heterocycles.